The van der Waals surface area contributed by atoms with Gasteiger partial charge in [-0.05, 0) is 31.2 Å². The summed E-state index contributed by atoms with van der Waals surface area (Å²) in [7, 11) is -2.00. The van der Waals surface area contributed by atoms with E-state index in [4.69, 9.17) is 16.3 Å². The number of amides is 1. The summed E-state index contributed by atoms with van der Waals surface area (Å²) < 4.78 is 29.6. The van der Waals surface area contributed by atoms with E-state index in [0.29, 0.717) is 16.5 Å². The first-order valence-electron chi connectivity index (χ1n) is 7.24. The van der Waals surface area contributed by atoms with E-state index < -0.39 is 15.7 Å². The fourth-order valence-electron chi connectivity index (χ4n) is 2.03. The molecule has 24 heavy (non-hydrogen) atoms. The molecule has 0 saturated heterocycles. The average molecular weight is 368 g/mol. The Morgan fingerprint density at radius 2 is 1.83 bits per heavy atom. The van der Waals surface area contributed by atoms with Crippen LogP contribution >= 0.6 is 11.6 Å². The molecule has 0 heterocycles. The number of ether oxygens (including phenoxy) is 1. The van der Waals surface area contributed by atoms with E-state index in [1.807, 2.05) is 6.92 Å². The second kappa shape index (κ2) is 7.68. The first-order valence-corrected chi connectivity index (χ1v) is 9.27. The van der Waals surface area contributed by atoms with Crippen LogP contribution in [0.15, 0.2) is 47.4 Å². The summed E-state index contributed by atoms with van der Waals surface area (Å²) in [6, 6.07) is 11.4. The van der Waals surface area contributed by atoms with Gasteiger partial charge in [-0.1, -0.05) is 29.3 Å². The minimum atomic E-state index is -3.51. The number of aryl methyl sites for hydroxylation is 1. The van der Waals surface area contributed by atoms with Crippen molar-refractivity contribution >= 4 is 33.0 Å². The van der Waals surface area contributed by atoms with Crippen molar-refractivity contribution in [2.75, 3.05) is 18.2 Å². The maximum absolute atomic E-state index is 12.2. The topological polar surface area (TPSA) is 72.5 Å². The number of anilines is 1. The fourth-order valence-corrected chi connectivity index (χ4v) is 3.44. The van der Waals surface area contributed by atoms with Gasteiger partial charge in [0.2, 0.25) is 5.91 Å². The minimum absolute atomic E-state index is 0.163. The number of hydrogen-bond donors (Lipinski definition) is 1. The molecule has 0 unspecified atom stereocenters. The minimum Gasteiger partial charge on any atom is -0.497 e. The lowest BCUT2D eigenvalue weighted by Gasteiger charge is -2.09. The number of carbonyl (C=O) groups excluding carboxylic acids is 1. The molecule has 0 aliphatic rings. The molecule has 0 saturated carbocycles. The van der Waals surface area contributed by atoms with Crippen LogP contribution in [0.2, 0.25) is 5.02 Å². The molecule has 0 aliphatic carbocycles. The number of rotatable bonds is 6. The molecule has 2 aromatic rings. The predicted molar refractivity (Wildman–Crippen MR) is 94.5 cm³/mol. The van der Waals surface area contributed by atoms with E-state index >= 15 is 0 Å². The van der Waals surface area contributed by atoms with Gasteiger partial charge in [0, 0.05) is 12.5 Å². The number of sulfone groups is 1. The molecular formula is C17H18ClNO4S. The average Bonchev–Trinajstić information content (AvgIpc) is 2.55. The molecule has 1 N–H and O–H groups in total. The highest BCUT2D eigenvalue weighted by molar-refractivity contribution is 7.91. The van der Waals surface area contributed by atoms with E-state index in [1.54, 1.807) is 42.5 Å². The van der Waals surface area contributed by atoms with E-state index in [9.17, 15) is 13.2 Å². The van der Waals surface area contributed by atoms with Crippen LogP contribution in [0.3, 0.4) is 0 Å². The standard InChI is InChI=1S/C17H18ClNO4S/c1-12-3-6-14(7-4-12)24(21,22)10-9-17(20)19-16-11-13(23-2)5-8-15(16)18/h3-8,11H,9-10H2,1-2H3,(H,19,20). The highest BCUT2D eigenvalue weighted by Crippen LogP contribution is 2.26. The number of benzene rings is 2. The summed E-state index contributed by atoms with van der Waals surface area (Å²) in [5, 5.41) is 2.96. The maximum atomic E-state index is 12.2. The van der Waals surface area contributed by atoms with Crippen LogP contribution in [0.4, 0.5) is 5.69 Å². The summed E-state index contributed by atoms with van der Waals surface area (Å²) in [6.45, 7) is 1.88. The maximum Gasteiger partial charge on any atom is 0.225 e. The molecular weight excluding hydrogens is 350 g/mol. The Morgan fingerprint density at radius 3 is 2.46 bits per heavy atom. The van der Waals surface area contributed by atoms with Crippen LogP contribution in [0, 0.1) is 6.92 Å². The van der Waals surface area contributed by atoms with Crippen molar-refractivity contribution < 1.29 is 17.9 Å². The van der Waals surface area contributed by atoms with Crippen molar-refractivity contribution in [1.82, 2.24) is 0 Å². The third-order valence-electron chi connectivity index (χ3n) is 3.43. The smallest absolute Gasteiger partial charge is 0.225 e. The third kappa shape index (κ3) is 4.72. The first kappa shape index (κ1) is 18.3. The first-order chi connectivity index (χ1) is 11.3. The second-order valence-corrected chi connectivity index (χ2v) is 7.79. The summed E-state index contributed by atoms with van der Waals surface area (Å²) in [4.78, 5) is 12.2. The molecule has 0 atom stereocenters. The highest BCUT2D eigenvalue weighted by atomic mass is 35.5. The number of methoxy groups -OCH3 is 1. The van der Waals surface area contributed by atoms with Crippen molar-refractivity contribution in [2.24, 2.45) is 0 Å². The van der Waals surface area contributed by atoms with E-state index in [0.717, 1.165) is 5.56 Å². The Morgan fingerprint density at radius 1 is 1.17 bits per heavy atom. The number of carbonyl (C=O) groups is 1. The molecule has 2 rings (SSSR count). The molecule has 128 valence electrons. The molecule has 0 spiro atoms. The summed E-state index contributed by atoms with van der Waals surface area (Å²) in [5.41, 5.74) is 1.35. The Kier molecular flexibility index (Phi) is 5.85. The van der Waals surface area contributed by atoms with Crippen LogP contribution in [-0.2, 0) is 14.6 Å². The molecule has 0 bridgehead atoms. The van der Waals surface area contributed by atoms with Gasteiger partial charge in [0.15, 0.2) is 9.84 Å². The lowest BCUT2D eigenvalue weighted by Crippen LogP contribution is -2.17. The highest BCUT2D eigenvalue weighted by Gasteiger charge is 2.17. The van der Waals surface area contributed by atoms with Crippen molar-refractivity contribution in [3.05, 3.63) is 53.1 Å². The molecule has 5 nitrogen and oxygen atoms in total. The van der Waals surface area contributed by atoms with Crippen LogP contribution in [-0.4, -0.2) is 27.2 Å². The van der Waals surface area contributed by atoms with Crippen LogP contribution in [0.5, 0.6) is 5.75 Å². The SMILES string of the molecule is COc1ccc(Cl)c(NC(=O)CCS(=O)(=O)c2ccc(C)cc2)c1. The van der Waals surface area contributed by atoms with Gasteiger partial charge in [0.25, 0.3) is 0 Å². The molecule has 0 aliphatic heterocycles. The van der Waals surface area contributed by atoms with Gasteiger partial charge < -0.3 is 10.1 Å². The van der Waals surface area contributed by atoms with Gasteiger partial charge in [-0.2, -0.15) is 0 Å². The van der Waals surface area contributed by atoms with Crippen molar-refractivity contribution in [3.8, 4) is 5.75 Å². The van der Waals surface area contributed by atoms with Crippen molar-refractivity contribution in [2.45, 2.75) is 18.2 Å². The van der Waals surface area contributed by atoms with Gasteiger partial charge >= 0.3 is 0 Å². The fraction of sp³-hybridized carbons (Fsp3) is 0.235. The van der Waals surface area contributed by atoms with Crippen molar-refractivity contribution in [1.29, 1.82) is 0 Å². The molecule has 2 aromatic carbocycles. The summed E-state index contributed by atoms with van der Waals surface area (Å²) in [5.74, 6) is -0.161. The van der Waals surface area contributed by atoms with Gasteiger partial charge in [-0.3, -0.25) is 4.79 Å². The normalized spacial score (nSPS) is 11.1. The van der Waals surface area contributed by atoms with E-state index in [2.05, 4.69) is 5.32 Å². The van der Waals surface area contributed by atoms with Gasteiger partial charge in [0.05, 0.1) is 28.5 Å². The zero-order valence-electron chi connectivity index (χ0n) is 13.4. The van der Waals surface area contributed by atoms with Crippen LogP contribution in [0.25, 0.3) is 0 Å². The molecule has 7 heteroatoms. The monoisotopic (exact) mass is 367 g/mol. The van der Waals surface area contributed by atoms with Gasteiger partial charge in [-0.25, -0.2) is 8.42 Å². The zero-order chi connectivity index (χ0) is 17.7. The number of nitrogens with one attached hydrogen (secondary N) is 1. The number of hydrogen-bond acceptors (Lipinski definition) is 4. The zero-order valence-corrected chi connectivity index (χ0v) is 14.9. The Hall–Kier alpha value is -2.05. The van der Waals surface area contributed by atoms with Crippen molar-refractivity contribution in [3.63, 3.8) is 0 Å². The molecule has 0 aromatic heterocycles. The van der Waals surface area contributed by atoms with E-state index in [1.165, 1.54) is 7.11 Å². The Labute approximate surface area is 146 Å². The third-order valence-corrected chi connectivity index (χ3v) is 5.49. The number of halogens is 1. The van der Waals surface area contributed by atoms with Gasteiger partial charge in [0.1, 0.15) is 5.75 Å². The van der Waals surface area contributed by atoms with Crippen LogP contribution in [0.1, 0.15) is 12.0 Å². The van der Waals surface area contributed by atoms with Crippen LogP contribution < -0.4 is 10.1 Å². The predicted octanol–water partition coefficient (Wildman–Crippen LogP) is 3.46. The summed E-state index contributed by atoms with van der Waals surface area (Å²) in [6.07, 6.45) is -0.163. The lowest BCUT2D eigenvalue weighted by atomic mass is 10.2. The summed E-state index contributed by atoms with van der Waals surface area (Å²) >= 11 is 6.01. The Bertz CT molecular complexity index is 832. The second-order valence-electron chi connectivity index (χ2n) is 5.28. The molecule has 1 amide bonds. The van der Waals surface area contributed by atoms with Gasteiger partial charge in [-0.15, -0.1) is 0 Å². The molecule has 0 fully saturated rings. The Balaban J connectivity index is 2.01. The lowest BCUT2D eigenvalue weighted by molar-refractivity contribution is -0.115. The van der Waals surface area contributed by atoms with E-state index in [-0.39, 0.29) is 17.1 Å². The molecule has 0 radical (unpaired) electrons. The quantitative estimate of drug-likeness (QED) is 0.848. The largest absolute Gasteiger partial charge is 0.497 e.